The Hall–Kier alpha value is -0.346. The van der Waals surface area contributed by atoms with Gasteiger partial charge in [-0.05, 0) is 56.5 Å². The SMILES string of the molecule is C=C1C([Si](C)(C)C(C)(C)C)=C2CCCC2=C1[Si](C)(C)C(C)(C)C. The van der Waals surface area contributed by atoms with Crippen LogP contribution in [0.4, 0.5) is 0 Å². The number of fused-ring (bicyclic) bond motifs is 1. The zero-order valence-corrected chi connectivity index (χ0v) is 19.3. The molecule has 2 rings (SSSR count). The number of rotatable bonds is 2. The molecule has 2 aliphatic rings. The van der Waals surface area contributed by atoms with Gasteiger partial charge in [-0.2, -0.15) is 0 Å². The summed E-state index contributed by atoms with van der Waals surface area (Å²) in [5, 5.41) is 4.23. The summed E-state index contributed by atoms with van der Waals surface area (Å²) in [5.74, 6) is 0. The van der Waals surface area contributed by atoms with Crippen molar-refractivity contribution in [3.63, 3.8) is 0 Å². The third-order valence-corrected chi connectivity index (χ3v) is 18.6. The molecular weight excluding hydrogens is 308 g/mol. The summed E-state index contributed by atoms with van der Waals surface area (Å²) < 4.78 is 0. The van der Waals surface area contributed by atoms with Crippen LogP contribution >= 0.6 is 0 Å². The van der Waals surface area contributed by atoms with E-state index < -0.39 is 16.1 Å². The fourth-order valence-corrected chi connectivity index (χ4v) is 9.49. The summed E-state index contributed by atoms with van der Waals surface area (Å²) in [6.07, 6.45) is 3.96. The molecule has 0 aromatic heterocycles. The third kappa shape index (κ3) is 2.70. The van der Waals surface area contributed by atoms with E-state index in [4.69, 9.17) is 6.58 Å². The lowest BCUT2D eigenvalue weighted by Crippen LogP contribution is -2.43. The minimum atomic E-state index is -1.54. The maximum absolute atomic E-state index is 4.71. The largest absolute Gasteiger partial charge is 0.0920 e. The minimum Gasteiger partial charge on any atom is -0.0920 e. The lowest BCUT2D eigenvalue weighted by molar-refractivity contribution is 0.722. The summed E-state index contributed by atoms with van der Waals surface area (Å²) in [4.78, 5) is 0. The molecule has 2 heteroatoms. The zero-order chi connectivity index (χ0) is 18.0. The fourth-order valence-electron chi connectivity index (χ4n) is 4.04. The van der Waals surface area contributed by atoms with E-state index in [0.29, 0.717) is 10.1 Å². The minimum absolute atomic E-state index is 0.384. The van der Waals surface area contributed by atoms with E-state index >= 15 is 0 Å². The Labute approximate surface area is 147 Å². The molecule has 130 valence electrons. The molecule has 0 bridgehead atoms. The van der Waals surface area contributed by atoms with Crippen molar-refractivity contribution >= 4 is 16.1 Å². The maximum Gasteiger partial charge on any atom is 0.0870 e. The Morgan fingerprint density at radius 1 is 0.696 bits per heavy atom. The molecule has 0 unspecified atom stereocenters. The van der Waals surface area contributed by atoms with Crippen molar-refractivity contribution in [3.05, 3.63) is 33.7 Å². The van der Waals surface area contributed by atoms with Gasteiger partial charge in [-0.25, -0.2) is 0 Å². The monoisotopic (exact) mass is 346 g/mol. The predicted molar refractivity (Wildman–Crippen MR) is 111 cm³/mol. The van der Waals surface area contributed by atoms with Crippen molar-refractivity contribution < 1.29 is 0 Å². The van der Waals surface area contributed by atoms with Gasteiger partial charge in [-0.1, -0.05) is 74.3 Å². The molecule has 0 amide bonds. The second kappa shape index (κ2) is 5.32. The van der Waals surface area contributed by atoms with Crippen molar-refractivity contribution in [2.75, 3.05) is 0 Å². The Kier molecular flexibility index (Phi) is 4.39. The first-order valence-electron chi connectivity index (χ1n) is 9.31. The van der Waals surface area contributed by atoms with Crippen LogP contribution in [0.1, 0.15) is 60.8 Å². The highest BCUT2D eigenvalue weighted by Gasteiger charge is 2.50. The fraction of sp³-hybridized carbons (Fsp3) is 0.714. The molecule has 0 spiro atoms. The maximum atomic E-state index is 4.71. The highest BCUT2D eigenvalue weighted by molar-refractivity contribution is 6.91. The van der Waals surface area contributed by atoms with E-state index in [1.54, 1.807) is 21.5 Å². The normalized spacial score (nSPS) is 20.7. The van der Waals surface area contributed by atoms with Crippen LogP contribution in [-0.4, -0.2) is 16.1 Å². The van der Waals surface area contributed by atoms with Crippen LogP contribution in [0.15, 0.2) is 33.7 Å². The van der Waals surface area contributed by atoms with E-state index in [0.717, 1.165) is 0 Å². The van der Waals surface area contributed by atoms with E-state index in [1.165, 1.54) is 24.8 Å². The van der Waals surface area contributed by atoms with Gasteiger partial charge in [-0.3, -0.25) is 0 Å². The summed E-state index contributed by atoms with van der Waals surface area (Å²) in [7, 11) is -3.08. The Morgan fingerprint density at radius 2 is 1.00 bits per heavy atom. The standard InChI is InChI=1S/C21H38Si2/c1-15-18(22(8,9)20(2,3)4)16-13-12-14-17(16)19(15)23(10,11)21(5,6)7/h1,12-14H2,2-11H3. The molecule has 0 aromatic carbocycles. The smallest absolute Gasteiger partial charge is 0.0870 e. The molecule has 2 aliphatic carbocycles. The summed E-state index contributed by atoms with van der Waals surface area (Å²) in [6, 6.07) is 0. The first kappa shape index (κ1) is 19.0. The van der Waals surface area contributed by atoms with E-state index in [-0.39, 0.29) is 0 Å². The number of allylic oxidation sites excluding steroid dienone is 5. The molecule has 0 heterocycles. The van der Waals surface area contributed by atoms with Crippen LogP contribution in [0.25, 0.3) is 0 Å². The summed E-state index contributed by atoms with van der Waals surface area (Å²) in [6.45, 7) is 29.7. The van der Waals surface area contributed by atoms with Crippen LogP contribution in [0.3, 0.4) is 0 Å². The molecule has 0 aromatic rings. The van der Waals surface area contributed by atoms with Gasteiger partial charge in [0, 0.05) is 0 Å². The molecule has 1 saturated carbocycles. The first-order valence-corrected chi connectivity index (χ1v) is 15.3. The van der Waals surface area contributed by atoms with Crippen LogP contribution in [0, 0.1) is 0 Å². The molecular formula is C21H38Si2. The van der Waals surface area contributed by atoms with Crippen molar-refractivity contribution in [2.24, 2.45) is 0 Å². The van der Waals surface area contributed by atoms with Crippen LogP contribution in [0.5, 0.6) is 0 Å². The lowest BCUT2D eigenvalue weighted by Gasteiger charge is -2.43. The third-order valence-electron chi connectivity index (χ3n) is 7.42. The van der Waals surface area contributed by atoms with Gasteiger partial charge in [-0.15, -0.1) is 0 Å². The number of hydrogen-bond donors (Lipinski definition) is 0. The zero-order valence-electron chi connectivity index (χ0n) is 17.3. The quantitative estimate of drug-likeness (QED) is 0.456. The van der Waals surface area contributed by atoms with Crippen molar-refractivity contribution in [2.45, 2.75) is 97.1 Å². The second-order valence-electron chi connectivity index (χ2n) is 10.8. The van der Waals surface area contributed by atoms with Gasteiger partial charge < -0.3 is 0 Å². The van der Waals surface area contributed by atoms with Gasteiger partial charge in [0.25, 0.3) is 0 Å². The molecule has 0 N–H and O–H groups in total. The van der Waals surface area contributed by atoms with Gasteiger partial charge in [0.2, 0.25) is 0 Å². The van der Waals surface area contributed by atoms with E-state index in [2.05, 4.69) is 67.7 Å². The molecule has 0 radical (unpaired) electrons. The van der Waals surface area contributed by atoms with E-state index in [1.807, 2.05) is 0 Å². The Morgan fingerprint density at radius 3 is 1.26 bits per heavy atom. The topological polar surface area (TPSA) is 0 Å². The number of hydrogen-bond acceptors (Lipinski definition) is 0. The van der Waals surface area contributed by atoms with E-state index in [9.17, 15) is 0 Å². The van der Waals surface area contributed by atoms with Gasteiger partial charge in [0.15, 0.2) is 0 Å². The van der Waals surface area contributed by atoms with Gasteiger partial charge >= 0.3 is 0 Å². The molecule has 23 heavy (non-hydrogen) atoms. The van der Waals surface area contributed by atoms with Crippen molar-refractivity contribution in [1.29, 1.82) is 0 Å². The summed E-state index contributed by atoms with van der Waals surface area (Å²) in [5.41, 5.74) is 4.94. The highest BCUT2D eigenvalue weighted by atomic mass is 28.3. The van der Waals surface area contributed by atoms with Crippen molar-refractivity contribution in [3.8, 4) is 0 Å². The molecule has 1 fully saturated rings. The van der Waals surface area contributed by atoms with Gasteiger partial charge in [0.05, 0.1) is 16.1 Å². The Bertz CT molecular complexity index is 547. The second-order valence-corrected chi connectivity index (χ2v) is 21.3. The molecule has 0 saturated heterocycles. The molecule has 0 atom stereocenters. The molecule has 0 aliphatic heterocycles. The first-order chi connectivity index (χ1) is 10.1. The average molecular weight is 347 g/mol. The van der Waals surface area contributed by atoms with Crippen LogP contribution < -0.4 is 0 Å². The van der Waals surface area contributed by atoms with Crippen LogP contribution in [-0.2, 0) is 0 Å². The lowest BCUT2D eigenvalue weighted by atomic mass is 10.2. The van der Waals surface area contributed by atoms with Gasteiger partial charge in [0.1, 0.15) is 0 Å². The van der Waals surface area contributed by atoms with Crippen LogP contribution in [0.2, 0.25) is 36.3 Å². The average Bonchev–Trinajstić information content (AvgIpc) is 2.83. The van der Waals surface area contributed by atoms with Crippen molar-refractivity contribution in [1.82, 2.24) is 0 Å². The summed E-state index contributed by atoms with van der Waals surface area (Å²) >= 11 is 0. The highest BCUT2D eigenvalue weighted by Crippen LogP contribution is 2.57. The molecule has 0 nitrogen and oxygen atoms in total. The Balaban J connectivity index is 2.64. The predicted octanol–water partition coefficient (Wildman–Crippen LogP) is 7.43.